The maximum Gasteiger partial charge on any atom is 0.500 e. The zero-order valence-corrected chi connectivity index (χ0v) is 11.7. The van der Waals surface area contributed by atoms with Crippen LogP contribution < -0.4 is 0 Å². The molecular weight excluding hydrogens is 224 g/mol. The minimum atomic E-state index is -2.40. The van der Waals surface area contributed by atoms with Crippen molar-refractivity contribution in [3.8, 4) is 0 Å². The van der Waals surface area contributed by atoms with E-state index in [1.54, 1.807) is 21.3 Å². The fourth-order valence-electron chi connectivity index (χ4n) is 1.45. The average Bonchev–Trinajstić information content (AvgIpc) is 2.33. The first-order valence-electron chi connectivity index (χ1n) is 5.31. The van der Waals surface area contributed by atoms with E-state index in [0.717, 1.165) is 25.6 Å². The van der Waals surface area contributed by atoms with Crippen LogP contribution in [0.15, 0.2) is 0 Å². The fraction of sp³-hybridized carbons (Fsp3) is 0.900. The van der Waals surface area contributed by atoms with Gasteiger partial charge in [-0.2, -0.15) is 0 Å². The first-order chi connectivity index (χ1) is 7.64. The van der Waals surface area contributed by atoms with Crippen molar-refractivity contribution >= 4 is 8.80 Å². The summed E-state index contributed by atoms with van der Waals surface area (Å²) in [6.45, 7) is 9.00. The summed E-state index contributed by atoms with van der Waals surface area (Å²) in [5.41, 5.74) is 0. The zero-order chi connectivity index (χ0) is 12.4. The third kappa shape index (κ3) is 5.58. The molecular formula is C10H22N2O3Si. The summed E-state index contributed by atoms with van der Waals surface area (Å²) >= 11 is 0. The van der Waals surface area contributed by atoms with Gasteiger partial charge >= 0.3 is 8.80 Å². The van der Waals surface area contributed by atoms with Gasteiger partial charge < -0.3 is 18.1 Å². The molecule has 0 saturated heterocycles. The van der Waals surface area contributed by atoms with Crippen molar-refractivity contribution in [1.82, 2.24) is 4.90 Å². The second-order valence-electron chi connectivity index (χ2n) is 3.58. The lowest BCUT2D eigenvalue weighted by Gasteiger charge is -2.25. The van der Waals surface area contributed by atoms with E-state index < -0.39 is 8.80 Å². The summed E-state index contributed by atoms with van der Waals surface area (Å²) in [7, 11) is 4.49. The van der Waals surface area contributed by atoms with Crippen molar-refractivity contribution in [3.63, 3.8) is 0 Å². The predicted molar refractivity (Wildman–Crippen MR) is 65.2 cm³/mol. The van der Waals surface area contributed by atoms with Gasteiger partial charge in [0.25, 0.3) is 0 Å². The van der Waals surface area contributed by atoms with Crippen LogP contribution in [0.5, 0.6) is 0 Å². The zero-order valence-electron chi connectivity index (χ0n) is 10.7. The first kappa shape index (κ1) is 15.5. The molecule has 0 aromatic carbocycles. The van der Waals surface area contributed by atoms with Gasteiger partial charge in [-0.25, -0.2) is 6.57 Å². The monoisotopic (exact) mass is 246 g/mol. The Labute approximate surface area is 99.5 Å². The van der Waals surface area contributed by atoms with Crippen molar-refractivity contribution in [3.05, 3.63) is 11.4 Å². The molecule has 0 amide bonds. The van der Waals surface area contributed by atoms with Gasteiger partial charge in [-0.3, -0.25) is 4.90 Å². The molecule has 0 fully saturated rings. The van der Waals surface area contributed by atoms with E-state index >= 15 is 0 Å². The molecule has 6 heteroatoms. The van der Waals surface area contributed by atoms with E-state index in [-0.39, 0.29) is 0 Å². The molecule has 0 aliphatic heterocycles. The Kier molecular flexibility index (Phi) is 8.43. The highest BCUT2D eigenvalue weighted by Crippen LogP contribution is 2.14. The molecule has 0 radical (unpaired) electrons. The van der Waals surface area contributed by atoms with Gasteiger partial charge in [-0.1, -0.05) is 0 Å². The van der Waals surface area contributed by atoms with Gasteiger partial charge in [-0.05, 0) is 20.0 Å². The SMILES string of the molecule is [C-]#[N+]CCN(C)CCC[Si](OC)(OC)OC. The molecule has 0 saturated carbocycles. The van der Waals surface area contributed by atoms with Gasteiger partial charge in [0.15, 0.2) is 0 Å². The molecule has 16 heavy (non-hydrogen) atoms. The van der Waals surface area contributed by atoms with E-state index in [0.29, 0.717) is 6.54 Å². The van der Waals surface area contributed by atoms with Crippen LogP contribution in [0.1, 0.15) is 6.42 Å². The first-order valence-corrected chi connectivity index (χ1v) is 7.24. The Balaban J connectivity index is 3.82. The van der Waals surface area contributed by atoms with E-state index in [4.69, 9.17) is 19.9 Å². The van der Waals surface area contributed by atoms with E-state index in [2.05, 4.69) is 9.74 Å². The minimum Gasteiger partial charge on any atom is -0.377 e. The Morgan fingerprint density at radius 1 is 1.12 bits per heavy atom. The van der Waals surface area contributed by atoms with Crippen molar-refractivity contribution < 1.29 is 13.3 Å². The highest BCUT2D eigenvalue weighted by Gasteiger charge is 2.36. The molecule has 0 bridgehead atoms. The number of rotatable bonds is 9. The maximum atomic E-state index is 6.71. The number of likely N-dealkylation sites (N-methyl/N-ethyl adjacent to an activating group) is 1. The van der Waals surface area contributed by atoms with Gasteiger partial charge in [0.2, 0.25) is 6.54 Å². The fourth-order valence-corrected chi connectivity index (χ4v) is 3.16. The summed E-state index contributed by atoms with van der Waals surface area (Å²) in [6.07, 6.45) is 0.955. The standard InChI is InChI=1S/C10H22N2O3Si/c1-11-7-9-12(2)8-6-10-16(13-3,14-4)15-5/h6-10H2,2-5H3. The van der Waals surface area contributed by atoms with Gasteiger partial charge in [0.05, 0.1) is 6.54 Å². The molecule has 0 aromatic rings. The second-order valence-corrected chi connectivity index (χ2v) is 6.67. The van der Waals surface area contributed by atoms with Crippen LogP contribution in [0.4, 0.5) is 0 Å². The summed E-state index contributed by atoms with van der Waals surface area (Å²) < 4.78 is 16.0. The van der Waals surface area contributed by atoms with Gasteiger partial charge in [-0.15, -0.1) is 0 Å². The van der Waals surface area contributed by atoms with E-state index in [9.17, 15) is 0 Å². The molecule has 0 aliphatic rings. The summed E-state index contributed by atoms with van der Waals surface area (Å²) in [5, 5.41) is 0. The van der Waals surface area contributed by atoms with Crippen molar-refractivity contribution in [2.45, 2.75) is 12.5 Å². The highest BCUT2D eigenvalue weighted by atomic mass is 28.4. The Morgan fingerprint density at radius 2 is 1.69 bits per heavy atom. The quantitative estimate of drug-likeness (QED) is 0.451. The smallest absolute Gasteiger partial charge is 0.377 e. The Bertz CT molecular complexity index is 208. The summed E-state index contributed by atoms with van der Waals surface area (Å²) in [6, 6.07) is 0.804. The highest BCUT2D eigenvalue weighted by molar-refractivity contribution is 6.60. The van der Waals surface area contributed by atoms with Crippen molar-refractivity contribution in [2.24, 2.45) is 0 Å². The number of hydrogen-bond donors (Lipinski definition) is 0. The minimum absolute atomic E-state index is 0.553. The normalized spacial score (nSPS) is 11.8. The molecule has 0 aliphatic carbocycles. The number of nitrogens with zero attached hydrogens (tertiary/aromatic N) is 2. The van der Waals surface area contributed by atoms with Crippen molar-refractivity contribution in [2.75, 3.05) is 48.0 Å². The average molecular weight is 246 g/mol. The molecule has 0 unspecified atom stereocenters. The van der Waals surface area contributed by atoms with Gasteiger partial charge in [0, 0.05) is 27.4 Å². The predicted octanol–water partition coefficient (Wildman–Crippen LogP) is 1.11. The molecule has 94 valence electrons. The Hall–Kier alpha value is -0.453. The molecule has 0 spiro atoms. The van der Waals surface area contributed by atoms with Crippen LogP contribution in [0.2, 0.25) is 6.04 Å². The second kappa shape index (κ2) is 8.67. The Morgan fingerprint density at radius 3 is 2.12 bits per heavy atom. The third-order valence-corrected chi connectivity index (χ3v) is 5.38. The lowest BCUT2D eigenvalue weighted by atomic mass is 10.4. The third-order valence-electron chi connectivity index (χ3n) is 2.55. The molecule has 0 atom stereocenters. The van der Waals surface area contributed by atoms with Crippen LogP contribution in [0.3, 0.4) is 0 Å². The lowest BCUT2D eigenvalue weighted by Crippen LogP contribution is -2.43. The van der Waals surface area contributed by atoms with Crippen molar-refractivity contribution in [1.29, 1.82) is 0 Å². The molecule has 5 nitrogen and oxygen atoms in total. The number of hydrogen-bond acceptors (Lipinski definition) is 4. The van der Waals surface area contributed by atoms with Gasteiger partial charge in [0.1, 0.15) is 0 Å². The topological polar surface area (TPSA) is 35.3 Å². The van der Waals surface area contributed by atoms with Crippen LogP contribution in [0.25, 0.3) is 4.85 Å². The summed E-state index contributed by atoms with van der Waals surface area (Å²) in [5.74, 6) is 0. The molecule has 0 rings (SSSR count). The lowest BCUT2D eigenvalue weighted by molar-refractivity contribution is 0.122. The molecule has 0 aromatic heterocycles. The summed E-state index contributed by atoms with van der Waals surface area (Å²) in [4.78, 5) is 5.46. The van der Waals surface area contributed by atoms with Crippen LogP contribution in [0, 0.1) is 6.57 Å². The van der Waals surface area contributed by atoms with E-state index in [1.807, 2.05) is 7.05 Å². The maximum absolute atomic E-state index is 6.71. The van der Waals surface area contributed by atoms with E-state index in [1.165, 1.54) is 0 Å². The molecule has 0 heterocycles. The van der Waals surface area contributed by atoms with Crippen LogP contribution >= 0.6 is 0 Å². The largest absolute Gasteiger partial charge is 0.500 e. The van der Waals surface area contributed by atoms with Crippen LogP contribution in [-0.4, -0.2) is 61.7 Å². The van der Waals surface area contributed by atoms with Crippen LogP contribution in [-0.2, 0) is 13.3 Å². The molecule has 0 N–H and O–H groups in total.